The third-order valence-corrected chi connectivity index (χ3v) is 5.32. The molecule has 1 aliphatic heterocycles. The van der Waals surface area contributed by atoms with E-state index in [2.05, 4.69) is 26.2 Å². The van der Waals surface area contributed by atoms with Gasteiger partial charge in [-0.25, -0.2) is 4.68 Å². The minimum atomic E-state index is -4.66. The second-order valence-electron chi connectivity index (χ2n) is 7.27. The van der Waals surface area contributed by atoms with Crippen molar-refractivity contribution < 1.29 is 18.3 Å². The Morgan fingerprint density at radius 1 is 1.10 bits per heavy atom. The number of tetrazole rings is 1. The number of hydrogen-bond donors (Lipinski definition) is 3. The maximum absolute atomic E-state index is 13.3. The van der Waals surface area contributed by atoms with Gasteiger partial charge in [0.15, 0.2) is 5.72 Å². The van der Waals surface area contributed by atoms with Crippen molar-refractivity contribution in [2.24, 2.45) is 0 Å². The second-order valence-corrected chi connectivity index (χ2v) is 7.27. The highest BCUT2D eigenvalue weighted by Crippen LogP contribution is 2.35. The van der Waals surface area contributed by atoms with E-state index in [1.165, 1.54) is 0 Å². The lowest BCUT2D eigenvalue weighted by Gasteiger charge is -2.44. The maximum Gasteiger partial charge on any atom is 0.453 e. The van der Waals surface area contributed by atoms with E-state index in [1.807, 2.05) is 36.4 Å². The van der Waals surface area contributed by atoms with E-state index in [0.717, 1.165) is 10.2 Å². The molecule has 3 aromatic rings. The van der Waals surface area contributed by atoms with Gasteiger partial charge in [0.1, 0.15) is 0 Å². The van der Waals surface area contributed by atoms with E-state index in [0.29, 0.717) is 12.1 Å². The molecule has 0 saturated carbocycles. The number of nitrogens with one attached hydrogen (secondary N) is 2. The molecular weight excluding hydrogens is 397 g/mol. The van der Waals surface area contributed by atoms with Gasteiger partial charge in [-0.1, -0.05) is 60.7 Å². The summed E-state index contributed by atoms with van der Waals surface area (Å²) in [4.78, 5) is 0. The molecule has 10 heteroatoms. The molecule has 0 radical (unpaired) electrons. The molecule has 0 aliphatic carbocycles. The Hall–Kier alpha value is -2.82. The summed E-state index contributed by atoms with van der Waals surface area (Å²) in [6.07, 6.45) is -4.47. The predicted octanol–water partition coefficient (Wildman–Crippen LogP) is 2.23. The van der Waals surface area contributed by atoms with Gasteiger partial charge in [-0.3, -0.25) is 5.32 Å². The third-order valence-electron chi connectivity index (χ3n) is 5.32. The van der Waals surface area contributed by atoms with Gasteiger partial charge < -0.3 is 10.4 Å². The van der Waals surface area contributed by atoms with Crippen molar-refractivity contribution in [1.82, 2.24) is 30.8 Å². The second kappa shape index (κ2) is 8.13. The minimum Gasteiger partial charge on any atom is -0.370 e. The van der Waals surface area contributed by atoms with Gasteiger partial charge in [0.05, 0.1) is 12.1 Å². The monoisotopic (exact) mass is 418 g/mol. The van der Waals surface area contributed by atoms with Crippen LogP contribution in [0.2, 0.25) is 0 Å². The molecule has 1 aromatic heterocycles. The summed E-state index contributed by atoms with van der Waals surface area (Å²) < 4.78 is 40.6. The summed E-state index contributed by atoms with van der Waals surface area (Å²) in [5, 5.41) is 27.7. The fourth-order valence-electron chi connectivity index (χ4n) is 3.80. The van der Waals surface area contributed by atoms with Crippen LogP contribution in [0.15, 0.2) is 60.7 Å². The highest BCUT2D eigenvalue weighted by Gasteiger charge is 2.46. The van der Waals surface area contributed by atoms with Crippen LogP contribution in [0.1, 0.15) is 29.4 Å². The van der Waals surface area contributed by atoms with Gasteiger partial charge in [-0.05, 0) is 28.0 Å². The molecule has 1 saturated heterocycles. The van der Waals surface area contributed by atoms with Gasteiger partial charge in [-0.15, -0.1) is 5.10 Å². The fourth-order valence-corrected chi connectivity index (χ4v) is 3.80. The number of piperidine rings is 1. The molecule has 1 fully saturated rings. The number of rotatable bonds is 5. The fraction of sp³-hybridized carbons (Fsp3) is 0.350. The van der Waals surface area contributed by atoms with Crippen molar-refractivity contribution in [3.05, 3.63) is 77.6 Å². The van der Waals surface area contributed by atoms with Crippen LogP contribution in [0.5, 0.6) is 0 Å². The van der Waals surface area contributed by atoms with Crippen LogP contribution in [-0.4, -0.2) is 37.9 Å². The number of aliphatic hydroxyl groups is 1. The molecule has 158 valence electrons. The predicted molar refractivity (Wildman–Crippen MR) is 102 cm³/mol. The standard InChI is InChI=1S/C20H21F3N6O/c21-20(22,23)18-26-27-28-29(18)16-11-17(24-12-14-7-3-1-4-8-14)19(30,25-13-16)15-9-5-2-6-10-15/h1-10,16-17,24-25,30H,11-13H2/t16?,17-,19-/m0/s1. The molecule has 30 heavy (non-hydrogen) atoms. The minimum absolute atomic E-state index is 0.0725. The number of alkyl halides is 3. The molecular formula is C20H21F3N6O. The van der Waals surface area contributed by atoms with E-state index in [1.54, 1.807) is 24.3 Å². The number of halogens is 3. The maximum atomic E-state index is 13.3. The lowest BCUT2D eigenvalue weighted by atomic mass is 9.86. The smallest absolute Gasteiger partial charge is 0.370 e. The highest BCUT2D eigenvalue weighted by atomic mass is 19.4. The van der Waals surface area contributed by atoms with Crippen molar-refractivity contribution in [2.75, 3.05) is 6.54 Å². The Bertz CT molecular complexity index is 965. The number of aromatic nitrogens is 4. The molecule has 3 atom stereocenters. The Morgan fingerprint density at radius 3 is 2.43 bits per heavy atom. The Kier molecular flexibility index (Phi) is 5.54. The van der Waals surface area contributed by atoms with Crippen molar-refractivity contribution in [1.29, 1.82) is 0 Å². The first kappa shape index (κ1) is 20.5. The Balaban J connectivity index is 1.62. The molecule has 2 aromatic carbocycles. The average Bonchev–Trinajstić information content (AvgIpc) is 3.25. The van der Waals surface area contributed by atoms with Crippen LogP contribution < -0.4 is 10.6 Å². The zero-order valence-corrected chi connectivity index (χ0v) is 15.9. The van der Waals surface area contributed by atoms with Crippen LogP contribution in [0, 0.1) is 0 Å². The first-order valence-electron chi connectivity index (χ1n) is 9.53. The zero-order chi connectivity index (χ0) is 21.2. The van der Waals surface area contributed by atoms with Crippen LogP contribution in [0.3, 0.4) is 0 Å². The number of hydrogen-bond acceptors (Lipinski definition) is 6. The van der Waals surface area contributed by atoms with E-state index >= 15 is 0 Å². The van der Waals surface area contributed by atoms with E-state index < -0.39 is 29.8 Å². The summed E-state index contributed by atoms with van der Waals surface area (Å²) in [5.74, 6) is -1.15. The largest absolute Gasteiger partial charge is 0.453 e. The summed E-state index contributed by atoms with van der Waals surface area (Å²) in [6.45, 7) is 0.514. The molecule has 1 aliphatic rings. The molecule has 0 bridgehead atoms. The van der Waals surface area contributed by atoms with Crippen LogP contribution in [0.25, 0.3) is 0 Å². The summed E-state index contributed by atoms with van der Waals surface area (Å²) in [5.41, 5.74) is 0.161. The zero-order valence-electron chi connectivity index (χ0n) is 15.9. The third kappa shape index (κ3) is 4.07. The van der Waals surface area contributed by atoms with E-state index in [9.17, 15) is 18.3 Å². The van der Waals surface area contributed by atoms with Crippen molar-refractivity contribution in [2.45, 2.75) is 37.0 Å². The first-order chi connectivity index (χ1) is 14.4. The van der Waals surface area contributed by atoms with Gasteiger partial charge in [0.25, 0.3) is 5.82 Å². The van der Waals surface area contributed by atoms with E-state index in [4.69, 9.17) is 0 Å². The van der Waals surface area contributed by atoms with Gasteiger partial charge in [0.2, 0.25) is 0 Å². The molecule has 7 nitrogen and oxygen atoms in total. The van der Waals surface area contributed by atoms with Crippen LogP contribution >= 0.6 is 0 Å². The normalized spacial score (nSPS) is 24.7. The quantitative estimate of drug-likeness (QED) is 0.589. The Morgan fingerprint density at radius 2 is 1.77 bits per heavy atom. The average molecular weight is 418 g/mol. The molecule has 0 amide bonds. The number of nitrogens with zero attached hydrogens (tertiary/aromatic N) is 4. The first-order valence-corrected chi connectivity index (χ1v) is 9.53. The summed E-state index contributed by atoms with van der Waals surface area (Å²) in [7, 11) is 0. The molecule has 3 N–H and O–H groups in total. The van der Waals surface area contributed by atoms with Crippen LogP contribution in [-0.2, 0) is 18.4 Å². The topological polar surface area (TPSA) is 87.9 Å². The lowest BCUT2D eigenvalue weighted by molar-refractivity contribution is -0.150. The molecule has 4 rings (SSSR count). The van der Waals surface area contributed by atoms with Gasteiger partial charge in [-0.2, -0.15) is 13.2 Å². The lowest BCUT2D eigenvalue weighted by Crippen LogP contribution is -2.62. The number of benzene rings is 2. The Labute approximate surface area is 170 Å². The molecule has 1 unspecified atom stereocenters. The van der Waals surface area contributed by atoms with Gasteiger partial charge >= 0.3 is 6.18 Å². The summed E-state index contributed by atoms with van der Waals surface area (Å²) in [6, 6.07) is 17.3. The van der Waals surface area contributed by atoms with Crippen LogP contribution in [0.4, 0.5) is 13.2 Å². The highest BCUT2D eigenvalue weighted by molar-refractivity contribution is 5.25. The van der Waals surface area contributed by atoms with Crippen molar-refractivity contribution >= 4 is 0 Å². The molecule has 2 heterocycles. The van der Waals surface area contributed by atoms with Gasteiger partial charge in [0, 0.05) is 13.1 Å². The SMILES string of the molecule is O[C@]1(c2ccccc2)NCC(n2nnnc2C(F)(F)F)C[C@@H]1NCc1ccccc1. The summed E-state index contributed by atoms with van der Waals surface area (Å²) >= 11 is 0. The molecule has 0 spiro atoms. The van der Waals surface area contributed by atoms with Crippen molar-refractivity contribution in [3.8, 4) is 0 Å². The van der Waals surface area contributed by atoms with E-state index in [-0.39, 0.29) is 13.0 Å². The van der Waals surface area contributed by atoms with Crippen molar-refractivity contribution in [3.63, 3.8) is 0 Å².